The number of fused-ring (bicyclic) bond motifs is 1. The number of aromatic nitrogens is 2. The molecule has 146 valence electrons. The van der Waals surface area contributed by atoms with Gasteiger partial charge in [-0.1, -0.05) is 35.5 Å². The average molecular weight is 378 g/mol. The smallest absolute Gasteiger partial charge is 0.259 e. The number of amides is 1. The van der Waals surface area contributed by atoms with Gasteiger partial charge < -0.3 is 14.7 Å². The molecule has 28 heavy (non-hydrogen) atoms. The van der Waals surface area contributed by atoms with Crippen LogP contribution in [0, 0.1) is 12.8 Å². The van der Waals surface area contributed by atoms with Crippen LogP contribution in [-0.4, -0.2) is 47.6 Å². The van der Waals surface area contributed by atoms with E-state index in [4.69, 9.17) is 4.52 Å². The number of aryl methyl sites for hydroxylation is 1. The maximum atomic E-state index is 13.4. The van der Waals surface area contributed by atoms with E-state index in [1.165, 1.54) is 6.42 Å². The van der Waals surface area contributed by atoms with Crippen LogP contribution >= 0.6 is 0 Å². The predicted molar refractivity (Wildman–Crippen MR) is 109 cm³/mol. The number of nitrogens with zero attached hydrogens (tertiary/aromatic N) is 3. The minimum absolute atomic E-state index is 0.0444. The van der Waals surface area contributed by atoms with Gasteiger partial charge in [-0.2, -0.15) is 0 Å². The lowest BCUT2D eigenvalue weighted by molar-refractivity contribution is 0.0689. The van der Waals surface area contributed by atoms with E-state index in [2.05, 4.69) is 15.5 Å². The molecule has 0 bridgehead atoms. The highest BCUT2D eigenvalue weighted by Gasteiger charge is 2.27. The van der Waals surface area contributed by atoms with Crippen molar-refractivity contribution in [1.29, 1.82) is 0 Å². The molecule has 1 aromatic carbocycles. The Kier molecular flexibility index (Phi) is 5.39. The minimum atomic E-state index is 0.0444. The Balaban J connectivity index is 1.64. The van der Waals surface area contributed by atoms with Crippen molar-refractivity contribution in [3.63, 3.8) is 0 Å². The molecule has 1 fully saturated rings. The van der Waals surface area contributed by atoms with Crippen molar-refractivity contribution < 1.29 is 9.32 Å². The highest BCUT2D eigenvalue weighted by atomic mass is 16.5. The van der Waals surface area contributed by atoms with Gasteiger partial charge in [0, 0.05) is 18.7 Å². The van der Waals surface area contributed by atoms with Gasteiger partial charge in [-0.25, -0.2) is 4.98 Å². The van der Waals surface area contributed by atoms with Gasteiger partial charge in [-0.15, -0.1) is 0 Å². The zero-order chi connectivity index (χ0) is 19.5. The first-order valence-electron chi connectivity index (χ1n) is 9.93. The molecule has 1 aliphatic rings. The van der Waals surface area contributed by atoms with Crippen molar-refractivity contribution in [2.24, 2.45) is 5.92 Å². The third-order valence-electron chi connectivity index (χ3n) is 5.62. The second-order valence-corrected chi connectivity index (χ2v) is 7.50. The Hall–Kier alpha value is -2.73. The number of likely N-dealkylation sites (tertiary alicyclic amines) is 1. The fourth-order valence-corrected chi connectivity index (χ4v) is 3.96. The van der Waals surface area contributed by atoms with Crippen LogP contribution in [0.25, 0.3) is 22.4 Å². The maximum Gasteiger partial charge on any atom is 0.259 e. The number of nitrogens with one attached hydrogen (secondary N) is 1. The molecule has 1 saturated heterocycles. The summed E-state index contributed by atoms with van der Waals surface area (Å²) in [6.07, 6.45) is 3.27. The van der Waals surface area contributed by atoms with E-state index >= 15 is 0 Å². The van der Waals surface area contributed by atoms with Crippen LogP contribution < -0.4 is 5.32 Å². The molecule has 0 spiro atoms. The number of carbonyl (C=O) groups is 1. The molecule has 4 rings (SSSR count). The lowest BCUT2D eigenvalue weighted by Gasteiger charge is -2.32. The summed E-state index contributed by atoms with van der Waals surface area (Å²) in [5, 5.41) is 7.99. The maximum absolute atomic E-state index is 13.4. The van der Waals surface area contributed by atoms with Crippen molar-refractivity contribution in [2.75, 3.05) is 26.7 Å². The Morgan fingerprint density at radius 1 is 1.25 bits per heavy atom. The van der Waals surface area contributed by atoms with E-state index in [-0.39, 0.29) is 5.91 Å². The molecule has 3 aromatic rings. The third-order valence-corrected chi connectivity index (χ3v) is 5.62. The van der Waals surface area contributed by atoms with Crippen molar-refractivity contribution in [3.05, 3.63) is 47.7 Å². The lowest BCUT2D eigenvalue weighted by atomic mass is 9.93. The molecule has 0 saturated carbocycles. The summed E-state index contributed by atoms with van der Waals surface area (Å²) in [4.78, 5) is 19.9. The summed E-state index contributed by atoms with van der Waals surface area (Å²) in [5.41, 5.74) is 3.45. The van der Waals surface area contributed by atoms with Crippen LogP contribution in [0.1, 0.15) is 35.3 Å². The van der Waals surface area contributed by atoms with E-state index in [0.29, 0.717) is 22.9 Å². The van der Waals surface area contributed by atoms with E-state index in [9.17, 15) is 4.79 Å². The molecule has 0 atom stereocenters. The van der Waals surface area contributed by atoms with Crippen LogP contribution in [0.5, 0.6) is 0 Å². The van der Waals surface area contributed by atoms with Crippen LogP contribution in [-0.2, 0) is 0 Å². The summed E-state index contributed by atoms with van der Waals surface area (Å²) in [6, 6.07) is 11.7. The number of carbonyl (C=O) groups excluding carboxylic acids is 1. The summed E-state index contributed by atoms with van der Waals surface area (Å²) in [5.74, 6) is 0.731. The molecule has 0 unspecified atom stereocenters. The standard InChI is InChI=1S/C22H26N4O2/c1-15-20-18(22(27)26-12-9-16(10-13-26)8-11-23-2)14-19(24-21(20)28-25-15)17-6-4-3-5-7-17/h3-7,14,16,23H,8-13H2,1-2H3. The highest BCUT2D eigenvalue weighted by molar-refractivity contribution is 6.07. The number of pyridine rings is 1. The molecule has 3 heterocycles. The summed E-state index contributed by atoms with van der Waals surface area (Å²) >= 11 is 0. The first kappa shape index (κ1) is 18.6. The van der Waals surface area contributed by atoms with Gasteiger partial charge in [0.2, 0.25) is 0 Å². The molecule has 2 aromatic heterocycles. The zero-order valence-corrected chi connectivity index (χ0v) is 16.4. The molecule has 0 aliphatic carbocycles. The Bertz CT molecular complexity index is 959. The first-order valence-corrected chi connectivity index (χ1v) is 9.93. The van der Waals surface area contributed by atoms with Crippen molar-refractivity contribution >= 4 is 17.0 Å². The summed E-state index contributed by atoms with van der Waals surface area (Å²) < 4.78 is 5.41. The first-order chi connectivity index (χ1) is 13.7. The van der Waals surface area contributed by atoms with E-state index in [1.807, 2.05) is 55.3 Å². The normalized spacial score (nSPS) is 15.3. The molecular weight excluding hydrogens is 352 g/mol. The van der Waals surface area contributed by atoms with Crippen molar-refractivity contribution in [1.82, 2.24) is 20.4 Å². The SMILES string of the molecule is CNCCC1CCN(C(=O)c2cc(-c3ccccc3)nc3onc(C)c23)CC1. The average Bonchev–Trinajstić information content (AvgIpc) is 3.13. The number of hydrogen-bond acceptors (Lipinski definition) is 5. The summed E-state index contributed by atoms with van der Waals surface area (Å²) in [6.45, 7) is 4.48. The quantitative estimate of drug-likeness (QED) is 0.734. The second kappa shape index (κ2) is 8.10. The molecule has 0 radical (unpaired) electrons. The topological polar surface area (TPSA) is 71.3 Å². The van der Waals surface area contributed by atoms with E-state index < -0.39 is 0 Å². The molecule has 6 nitrogen and oxygen atoms in total. The van der Waals surface area contributed by atoms with Gasteiger partial charge in [0.1, 0.15) is 0 Å². The van der Waals surface area contributed by atoms with Gasteiger partial charge in [0.15, 0.2) is 0 Å². The van der Waals surface area contributed by atoms with E-state index in [1.54, 1.807) is 0 Å². The number of benzene rings is 1. The molecule has 1 amide bonds. The lowest BCUT2D eigenvalue weighted by Crippen LogP contribution is -2.39. The largest absolute Gasteiger partial charge is 0.339 e. The molecule has 6 heteroatoms. The fourth-order valence-electron chi connectivity index (χ4n) is 3.96. The van der Waals surface area contributed by atoms with E-state index in [0.717, 1.165) is 49.1 Å². The van der Waals surface area contributed by atoms with Gasteiger partial charge in [-0.05, 0) is 51.8 Å². The van der Waals surface area contributed by atoms with Gasteiger partial charge in [0.25, 0.3) is 11.6 Å². The van der Waals surface area contributed by atoms with Crippen LogP contribution in [0.15, 0.2) is 40.9 Å². The monoisotopic (exact) mass is 378 g/mol. The zero-order valence-electron chi connectivity index (χ0n) is 16.4. The van der Waals surface area contributed by atoms with Gasteiger partial charge in [-0.3, -0.25) is 4.79 Å². The fraction of sp³-hybridized carbons (Fsp3) is 0.409. The Morgan fingerprint density at radius 2 is 2.00 bits per heavy atom. The van der Waals surface area contributed by atoms with Crippen molar-refractivity contribution in [2.45, 2.75) is 26.2 Å². The number of rotatable bonds is 5. The van der Waals surface area contributed by atoms with Crippen LogP contribution in [0.4, 0.5) is 0 Å². The molecule has 1 N–H and O–H groups in total. The second-order valence-electron chi connectivity index (χ2n) is 7.50. The molecular formula is C22H26N4O2. The summed E-state index contributed by atoms with van der Waals surface area (Å²) in [7, 11) is 1.99. The van der Waals surface area contributed by atoms with Gasteiger partial charge >= 0.3 is 0 Å². The predicted octanol–water partition coefficient (Wildman–Crippen LogP) is 3.66. The van der Waals surface area contributed by atoms with Gasteiger partial charge in [0.05, 0.1) is 22.3 Å². The van der Waals surface area contributed by atoms with Crippen LogP contribution in [0.2, 0.25) is 0 Å². The van der Waals surface area contributed by atoms with Crippen molar-refractivity contribution in [3.8, 4) is 11.3 Å². The number of hydrogen-bond donors (Lipinski definition) is 1. The minimum Gasteiger partial charge on any atom is -0.339 e. The highest BCUT2D eigenvalue weighted by Crippen LogP contribution is 2.29. The number of piperidine rings is 1. The Labute approximate surface area is 164 Å². The molecule has 1 aliphatic heterocycles. The third kappa shape index (κ3) is 3.64. The Morgan fingerprint density at radius 3 is 2.71 bits per heavy atom. The van der Waals surface area contributed by atoms with Crippen LogP contribution in [0.3, 0.4) is 0 Å².